The molecule has 0 bridgehead atoms. The van der Waals surface area contributed by atoms with E-state index in [9.17, 15) is 0 Å². The van der Waals surface area contributed by atoms with Gasteiger partial charge in [0.15, 0.2) is 0 Å². The zero-order valence-electron chi connectivity index (χ0n) is 6.74. The van der Waals surface area contributed by atoms with Gasteiger partial charge in [-0.05, 0) is 6.04 Å². The van der Waals surface area contributed by atoms with Crippen molar-refractivity contribution < 1.29 is 61.3 Å². The van der Waals surface area contributed by atoms with Crippen LogP contribution in [-0.2, 0) is 4.79 Å². The summed E-state index contributed by atoms with van der Waals surface area (Å²) in [5.74, 6) is 0. The van der Waals surface area contributed by atoms with Crippen LogP contribution in [0.4, 0.5) is 0 Å². The first-order valence-electron chi connectivity index (χ1n) is 2.89. The van der Waals surface area contributed by atoms with Crippen molar-refractivity contribution in [2.75, 3.05) is 6.54 Å². The first kappa shape index (κ1) is 13.6. The Morgan fingerprint density at radius 2 is 2.00 bits per heavy atom. The number of carboxylic acid groups (broad SMARTS) is 1. The third-order valence-corrected chi connectivity index (χ3v) is 1.06. The summed E-state index contributed by atoms with van der Waals surface area (Å²) in [6.45, 7) is 7.55. The monoisotopic (exact) mass is 169 g/mol. The minimum atomic E-state index is -0.250. The molecule has 0 aromatic carbocycles. The van der Waals surface area contributed by atoms with Crippen molar-refractivity contribution in [3.63, 3.8) is 0 Å². The molecular weight excluding hydrogens is 157 g/mol. The third kappa shape index (κ3) is 9.07. The first-order valence-corrected chi connectivity index (χ1v) is 2.89. The predicted molar refractivity (Wildman–Crippen MR) is 34.8 cm³/mol. The molecule has 3 nitrogen and oxygen atoms in total. The molecule has 4 heteroatoms. The summed E-state index contributed by atoms with van der Waals surface area (Å²) in [4.78, 5) is 10.7. The molecule has 0 radical (unpaired) electrons. The maximum atomic E-state index is 8.36. The van der Waals surface area contributed by atoms with E-state index in [1.165, 1.54) is 6.54 Å². The number of rotatable bonds is 1. The van der Waals surface area contributed by atoms with Gasteiger partial charge in [-0.15, -0.1) is 6.54 Å². The Hall–Kier alpha value is 1.07. The molecule has 1 aliphatic heterocycles. The van der Waals surface area contributed by atoms with Crippen molar-refractivity contribution in [2.24, 2.45) is 0 Å². The third-order valence-electron chi connectivity index (χ3n) is 1.06. The van der Waals surface area contributed by atoms with Gasteiger partial charge < -0.3 is 10.0 Å². The van der Waals surface area contributed by atoms with Gasteiger partial charge in [-0.3, -0.25) is 11.3 Å². The maximum Gasteiger partial charge on any atom is 1.00 e. The van der Waals surface area contributed by atoms with Crippen LogP contribution < -0.4 is 51.4 Å². The summed E-state index contributed by atoms with van der Waals surface area (Å²) in [5.41, 5.74) is 0. The molecular formula is C6H12KNO2. The molecule has 1 unspecified atom stereocenters. The smallest absolute Gasteiger partial charge is 0.483 e. The van der Waals surface area contributed by atoms with Crippen molar-refractivity contribution >= 4 is 6.47 Å². The number of nitrogens with zero attached hydrogens (tertiary/aromatic N) is 1. The van der Waals surface area contributed by atoms with Crippen LogP contribution in [0.1, 0.15) is 13.8 Å². The summed E-state index contributed by atoms with van der Waals surface area (Å²) in [6.07, 6.45) is 0. The van der Waals surface area contributed by atoms with Crippen LogP contribution in [0.2, 0.25) is 0 Å². The van der Waals surface area contributed by atoms with Gasteiger partial charge in [-0.1, -0.05) is 13.8 Å². The summed E-state index contributed by atoms with van der Waals surface area (Å²) in [5, 5.41) is 6.89. The Morgan fingerprint density at radius 1 is 1.70 bits per heavy atom. The van der Waals surface area contributed by atoms with Crippen LogP contribution in [-0.4, -0.2) is 29.1 Å². The average molecular weight is 169 g/mol. The van der Waals surface area contributed by atoms with Crippen molar-refractivity contribution in [1.29, 1.82) is 0 Å². The molecule has 1 rings (SSSR count). The molecule has 0 aromatic heterocycles. The van der Waals surface area contributed by atoms with Gasteiger partial charge in [0.1, 0.15) is 0 Å². The standard InChI is InChI=1S/C5H10N.CH2O2.K/c1-5(2)6-3-4-6;2-1-3;/h3,5H,4H2,1-2H3;1H,(H,2,3);/q-1;;+1. The van der Waals surface area contributed by atoms with Crippen LogP contribution in [0.5, 0.6) is 0 Å². The fraction of sp³-hybridized carbons (Fsp3) is 0.667. The number of hydrogen-bond donors (Lipinski definition) is 1. The molecule has 1 saturated heterocycles. The van der Waals surface area contributed by atoms with Gasteiger partial charge in [0.2, 0.25) is 0 Å². The van der Waals surface area contributed by atoms with Gasteiger partial charge in [0.25, 0.3) is 6.47 Å². The summed E-state index contributed by atoms with van der Waals surface area (Å²) < 4.78 is 0. The molecule has 0 spiro atoms. The first-order chi connectivity index (χ1) is 4.22. The molecule has 0 aromatic rings. The Morgan fingerprint density at radius 3 is 2.00 bits per heavy atom. The van der Waals surface area contributed by atoms with E-state index in [0.717, 1.165) is 6.04 Å². The van der Waals surface area contributed by atoms with Crippen LogP contribution in [0.25, 0.3) is 0 Å². The van der Waals surface area contributed by atoms with Gasteiger partial charge in [0, 0.05) is 0 Å². The van der Waals surface area contributed by atoms with Crippen molar-refractivity contribution in [3.05, 3.63) is 6.54 Å². The van der Waals surface area contributed by atoms with Crippen molar-refractivity contribution in [1.82, 2.24) is 4.90 Å². The van der Waals surface area contributed by atoms with Crippen LogP contribution in [0.3, 0.4) is 0 Å². The van der Waals surface area contributed by atoms with Crippen LogP contribution in [0, 0.1) is 6.54 Å². The minimum Gasteiger partial charge on any atom is -0.483 e. The summed E-state index contributed by atoms with van der Waals surface area (Å²) >= 11 is 0. The molecule has 1 heterocycles. The molecule has 10 heavy (non-hydrogen) atoms. The van der Waals surface area contributed by atoms with E-state index >= 15 is 0 Å². The Kier molecular flexibility index (Phi) is 11.1. The van der Waals surface area contributed by atoms with E-state index < -0.39 is 0 Å². The zero-order valence-corrected chi connectivity index (χ0v) is 9.86. The van der Waals surface area contributed by atoms with Crippen molar-refractivity contribution in [3.8, 4) is 0 Å². The number of hydrogen-bond acceptors (Lipinski definition) is 2. The van der Waals surface area contributed by atoms with Crippen molar-refractivity contribution in [2.45, 2.75) is 19.9 Å². The quantitative estimate of drug-likeness (QED) is 0.205. The van der Waals surface area contributed by atoms with E-state index in [-0.39, 0.29) is 57.9 Å². The van der Waals surface area contributed by atoms with Crippen LogP contribution >= 0.6 is 0 Å². The second-order valence-corrected chi connectivity index (χ2v) is 2.08. The normalized spacial score (nSPS) is 20.1. The maximum absolute atomic E-state index is 8.36. The second kappa shape index (κ2) is 8.17. The fourth-order valence-electron chi connectivity index (χ4n) is 0.469. The predicted octanol–water partition coefficient (Wildman–Crippen LogP) is -2.42. The minimum absolute atomic E-state index is 0. The molecule has 1 fully saturated rings. The largest absolute Gasteiger partial charge is 1.00 e. The van der Waals surface area contributed by atoms with E-state index in [2.05, 4.69) is 25.3 Å². The fourth-order valence-corrected chi connectivity index (χ4v) is 0.469. The van der Waals surface area contributed by atoms with Crippen LogP contribution in [0.15, 0.2) is 0 Å². The van der Waals surface area contributed by atoms with E-state index in [4.69, 9.17) is 9.90 Å². The Bertz CT molecular complexity index is 83.8. The molecule has 54 valence electrons. The van der Waals surface area contributed by atoms with Gasteiger partial charge in [0.05, 0.1) is 0 Å². The van der Waals surface area contributed by atoms with E-state index in [1.54, 1.807) is 0 Å². The second-order valence-electron chi connectivity index (χ2n) is 2.08. The van der Waals surface area contributed by atoms with E-state index in [1.807, 2.05) is 0 Å². The topological polar surface area (TPSA) is 40.3 Å². The molecule has 1 aliphatic rings. The summed E-state index contributed by atoms with van der Waals surface area (Å²) in [7, 11) is 0. The molecule has 0 aliphatic carbocycles. The molecule has 0 saturated carbocycles. The molecule has 1 atom stereocenters. The number of carbonyl (C=O) groups is 1. The SMILES string of the molecule is CC(C)N1[CH-]C1.O=CO.[K+]. The van der Waals surface area contributed by atoms with Gasteiger partial charge in [-0.25, -0.2) is 0 Å². The van der Waals surface area contributed by atoms with Gasteiger partial charge in [-0.2, -0.15) is 0 Å². The molecule has 1 N–H and O–H groups in total. The average Bonchev–Trinajstić information content (AvgIpc) is 2.44. The Labute approximate surface area is 104 Å². The Balaban J connectivity index is 0. The summed E-state index contributed by atoms with van der Waals surface area (Å²) in [6, 6.07) is 0.741. The zero-order chi connectivity index (χ0) is 7.28. The molecule has 0 amide bonds. The van der Waals surface area contributed by atoms with Gasteiger partial charge >= 0.3 is 51.4 Å². The van der Waals surface area contributed by atoms with E-state index in [0.29, 0.717) is 0 Å².